The molecule has 0 aromatic heterocycles. The summed E-state index contributed by atoms with van der Waals surface area (Å²) in [6.45, 7) is 2.24. The molecule has 1 rings (SSSR count). The largest absolute Gasteiger partial charge is 0.352 e. The summed E-state index contributed by atoms with van der Waals surface area (Å²) in [6.07, 6.45) is 1.50. The number of carbonyl (C=O) groups is 1. The van der Waals surface area contributed by atoms with Crippen LogP contribution in [-0.4, -0.2) is 33.7 Å². The molecule has 1 amide bonds. The Balaban J connectivity index is 2.39. The van der Waals surface area contributed by atoms with Gasteiger partial charge in [0, 0.05) is 13.1 Å². The molecule has 0 aliphatic carbocycles. The van der Waals surface area contributed by atoms with Gasteiger partial charge in [0.05, 0.1) is 11.8 Å². The van der Waals surface area contributed by atoms with Crippen LogP contribution in [0.5, 0.6) is 0 Å². The molecule has 0 atom stereocenters. The highest BCUT2D eigenvalue weighted by molar-refractivity contribution is 7.88. The van der Waals surface area contributed by atoms with E-state index in [1.165, 1.54) is 12.1 Å². The molecule has 2 N–H and O–H groups in total. The lowest BCUT2D eigenvalue weighted by Crippen LogP contribution is -2.29. The number of nitrogens with one attached hydrogen (secondary N) is 2. The number of hydrogen-bond acceptors (Lipinski definition) is 3. The van der Waals surface area contributed by atoms with E-state index in [-0.39, 0.29) is 18.7 Å². The van der Waals surface area contributed by atoms with Gasteiger partial charge in [0.25, 0.3) is 5.91 Å². The molecule has 0 heterocycles. The van der Waals surface area contributed by atoms with Crippen molar-refractivity contribution in [2.45, 2.75) is 13.3 Å². The lowest BCUT2D eigenvalue weighted by molar-refractivity contribution is 0.0949. The summed E-state index contributed by atoms with van der Waals surface area (Å²) in [5.74, 6) is -1.07. The molecule has 19 heavy (non-hydrogen) atoms. The molecule has 5 nitrogen and oxygen atoms in total. The Kier molecular flexibility index (Phi) is 5.44. The zero-order chi connectivity index (χ0) is 14.5. The van der Waals surface area contributed by atoms with Crippen molar-refractivity contribution >= 4 is 15.9 Å². The van der Waals surface area contributed by atoms with E-state index in [0.717, 1.165) is 11.8 Å². The van der Waals surface area contributed by atoms with Gasteiger partial charge in [-0.05, 0) is 31.0 Å². The number of carbonyl (C=O) groups excluding carboxylic acids is 1. The average molecular weight is 288 g/mol. The smallest absolute Gasteiger partial charge is 0.254 e. The molecule has 0 saturated heterocycles. The molecule has 1 aromatic carbocycles. The molecule has 0 saturated carbocycles. The second-order valence-corrected chi connectivity index (χ2v) is 6.09. The predicted octanol–water partition coefficient (Wildman–Crippen LogP) is 0.803. The van der Waals surface area contributed by atoms with Crippen molar-refractivity contribution in [2.24, 2.45) is 0 Å². The minimum absolute atomic E-state index is 0.0123. The molecule has 0 bridgehead atoms. The molecule has 0 aliphatic rings. The van der Waals surface area contributed by atoms with Crippen LogP contribution in [0.25, 0.3) is 0 Å². The van der Waals surface area contributed by atoms with E-state index in [2.05, 4.69) is 10.0 Å². The number of benzene rings is 1. The van der Waals surface area contributed by atoms with Crippen LogP contribution in [0.15, 0.2) is 18.2 Å². The Morgan fingerprint density at radius 3 is 2.58 bits per heavy atom. The highest BCUT2D eigenvalue weighted by Gasteiger charge is 2.10. The van der Waals surface area contributed by atoms with Crippen LogP contribution in [0.1, 0.15) is 22.3 Å². The van der Waals surface area contributed by atoms with Gasteiger partial charge < -0.3 is 5.32 Å². The van der Waals surface area contributed by atoms with Crippen LogP contribution in [0.3, 0.4) is 0 Å². The van der Waals surface area contributed by atoms with Crippen molar-refractivity contribution in [3.05, 3.63) is 35.1 Å². The third-order valence-electron chi connectivity index (χ3n) is 2.37. The average Bonchev–Trinajstić information content (AvgIpc) is 2.26. The molecular formula is C12H17FN2O3S. The fraction of sp³-hybridized carbons (Fsp3) is 0.417. The third-order valence-corrected chi connectivity index (χ3v) is 3.10. The molecule has 0 unspecified atom stereocenters. The second kappa shape index (κ2) is 6.63. The van der Waals surface area contributed by atoms with Gasteiger partial charge in [0.1, 0.15) is 5.82 Å². The Morgan fingerprint density at radius 1 is 1.32 bits per heavy atom. The fourth-order valence-electron chi connectivity index (χ4n) is 1.45. The van der Waals surface area contributed by atoms with E-state index in [9.17, 15) is 17.6 Å². The highest BCUT2D eigenvalue weighted by atomic mass is 32.2. The topological polar surface area (TPSA) is 75.3 Å². The maximum Gasteiger partial charge on any atom is 0.254 e. The Labute approximate surface area is 112 Å². The fourth-order valence-corrected chi connectivity index (χ4v) is 1.96. The summed E-state index contributed by atoms with van der Waals surface area (Å²) in [6, 6.07) is 4.37. The number of rotatable bonds is 6. The number of aryl methyl sites for hydroxylation is 1. The minimum Gasteiger partial charge on any atom is -0.352 e. The van der Waals surface area contributed by atoms with Crippen LogP contribution in [0, 0.1) is 12.7 Å². The van der Waals surface area contributed by atoms with Gasteiger partial charge in [-0.2, -0.15) is 0 Å². The molecular weight excluding hydrogens is 271 g/mol. The van der Waals surface area contributed by atoms with Crippen molar-refractivity contribution in [3.8, 4) is 0 Å². The summed E-state index contributed by atoms with van der Waals surface area (Å²) in [4.78, 5) is 11.6. The number of halogens is 1. The minimum atomic E-state index is -3.21. The quantitative estimate of drug-likeness (QED) is 0.760. The van der Waals surface area contributed by atoms with Gasteiger partial charge in [0.15, 0.2) is 0 Å². The van der Waals surface area contributed by atoms with E-state index in [1.807, 2.05) is 0 Å². The molecule has 1 aromatic rings. The van der Waals surface area contributed by atoms with E-state index in [4.69, 9.17) is 0 Å². The Hall–Kier alpha value is -1.47. The number of hydrogen-bond donors (Lipinski definition) is 2. The van der Waals surface area contributed by atoms with Crippen molar-refractivity contribution < 1.29 is 17.6 Å². The maximum atomic E-state index is 13.5. The zero-order valence-electron chi connectivity index (χ0n) is 10.9. The van der Waals surface area contributed by atoms with Crippen molar-refractivity contribution in [2.75, 3.05) is 19.3 Å². The van der Waals surface area contributed by atoms with Crippen LogP contribution >= 0.6 is 0 Å². The normalized spacial score (nSPS) is 11.3. The Morgan fingerprint density at radius 2 is 2.00 bits per heavy atom. The van der Waals surface area contributed by atoms with Gasteiger partial charge in [-0.25, -0.2) is 17.5 Å². The van der Waals surface area contributed by atoms with Crippen molar-refractivity contribution in [1.82, 2.24) is 10.0 Å². The summed E-state index contributed by atoms with van der Waals surface area (Å²) in [7, 11) is -3.21. The standard InChI is InChI=1S/C12H17FN2O3S/c1-9-4-5-10(11(13)8-9)12(16)14-6-3-7-15-19(2,17)18/h4-5,8,15H,3,6-7H2,1-2H3,(H,14,16). The molecule has 0 fully saturated rings. The van der Waals surface area contributed by atoms with E-state index >= 15 is 0 Å². The first-order valence-electron chi connectivity index (χ1n) is 5.78. The van der Waals surface area contributed by atoms with Crippen LogP contribution in [0.2, 0.25) is 0 Å². The summed E-state index contributed by atoms with van der Waals surface area (Å²) in [5.41, 5.74) is 0.730. The summed E-state index contributed by atoms with van der Waals surface area (Å²) >= 11 is 0. The number of sulfonamides is 1. The van der Waals surface area contributed by atoms with Crippen molar-refractivity contribution in [3.63, 3.8) is 0 Å². The maximum absolute atomic E-state index is 13.5. The van der Waals surface area contributed by atoms with Gasteiger partial charge >= 0.3 is 0 Å². The molecule has 7 heteroatoms. The third kappa shape index (κ3) is 5.80. The lowest BCUT2D eigenvalue weighted by Gasteiger charge is -2.07. The van der Waals surface area contributed by atoms with E-state index in [0.29, 0.717) is 6.42 Å². The van der Waals surface area contributed by atoms with Gasteiger partial charge in [-0.3, -0.25) is 4.79 Å². The molecule has 106 valence electrons. The van der Waals surface area contributed by atoms with Gasteiger partial charge in [0.2, 0.25) is 10.0 Å². The summed E-state index contributed by atoms with van der Waals surface area (Å²) < 4.78 is 37.3. The molecule has 0 spiro atoms. The molecule has 0 radical (unpaired) electrons. The van der Waals surface area contributed by atoms with Crippen LogP contribution < -0.4 is 10.0 Å². The first-order chi connectivity index (χ1) is 8.79. The first-order valence-corrected chi connectivity index (χ1v) is 7.68. The second-order valence-electron chi connectivity index (χ2n) is 4.26. The SMILES string of the molecule is Cc1ccc(C(=O)NCCCNS(C)(=O)=O)c(F)c1. The van der Waals surface area contributed by atoms with E-state index in [1.54, 1.807) is 13.0 Å². The van der Waals surface area contributed by atoms with Crippen LogP contribution in [-0.2, 0) is 10.0 Å². The number of amides is 1. The zero-order valence-corrected chi connectivity index (χ0v) is 11.7. The monoisotopic (exact) mass is 288 g/mol. The summed E-state index contributed by atoms with van der Waals surface area (Å²) in [5, 5.41) is 2.53. The van der Waals surface area contributed by atoms with E-state index < -0.39 is 21.7 Å². The van der Waals surface area contributed by atoms with Crippen molar-refractivity contribution in [1.29, 1.82) is 0 Å². The predicted molar refractivity (Wildman–Crippen MR) is 70.9 cm³/mol. The highest BCUT2D eigenvalue weighted by Crippen LogP contribution is 2.09. The lowest BCUT2D eigenvalue weighted by atomic mass is 10.1. The molecule has 0 aliphatic heterocycles. The Bertz CT molecular complexity index is 558. The van der Waals surface area contributed by atoms with Gasteiger partial charge in [-0.15, -0.1) is 0 Å². The van der Waals surface area contributed by atoms with Crippen LogP contribution in [0.4, 0.5) is 4.39 Å². The van der Waals surface area contributed by atoms with Gasteiger partial charge in [-0.1, -0.05) is 6.07 Å². The first kappa shape index (κ1) is 15.6.